The van der Waals surface area contributed by atoms with Gasteiger partial charge in [0, 0.05) is 12.4 Å². The van der Waals surface area contributed by atoms with E-state index in [2.05, 4.69) is 15.3 Å². The van der Waals surface area contributed by atoms with Gasteiger partial charge in [-0.25, -0.2) is 4.98 Å². The van der Waals surface area contributed by atoms with Gasteiger partial charge >= 0.3 is 0 Å². The van der Waals surface area contributed by atoms with Crippen LogP contribution >= 0.6 is 0 Å². The van der Waals surface area contributed by atoms with E-state index in [1.807, 2.05) is 24.3 Å². The number of imidazole rings is 1. The Bertz CT molecular complexity index is 566. The zero-order chi connectivity index (χ0) is 13.1. The topological polar surface area (TPSA) is 67.0 Å². The molecule has 1 amide bonds. The molecule has 0 saturated heterocycles. The first-order valence-electron chi connectivity index (χ1n) is 6.29. The number of nitrogens with zero attached hydrogens (tertiary/aromatic N) is 1. The van der Waals surface area contributed by atoms with Gasteiger partial charge in [0.05, 0.1) is 12.5 Å². The number of hydrogen-bond donors (Lipinski definition) is 2. The first kappa shape index (κ1) is 11.8. The maximum atomic E-state index is 12.1. The normalized spacial score (nSPS) is 17.4. The van der Waals surface area contributed by atoms with Crippen LogP contribution in [-0.2, 0) is 17.8 Å². The second-order valence-corrected chi connectivity index (χ2v) is 4.57. The Kier molecular flexibility index (Phi) is 3.18. The number of aromatic nitrogens is 2. The number of ether oxygens (including phenoxy) is 1. The molecule has 19 heavy (non-hydrogen) atoms. The number of aromatic amines is 1. The first-order valence-corrected chi connectivity index (χ1v) is 6.29. The van der Waals surface area contributed by atoms with Crippen LogP contribution in [0, 0.1) is 5.92 Å². The van der Waals surface area contributed by atoms with E-state index in [9.17, 15) is 4.79 Å². The standard InChI is InChI=1S/C14H15N3O2/c18-14(17-8-13-15-5-6-16-13)11-7-10-3-1-2-4-12(10)19-9-11/h1-6,11H,7-9H2,(H,15,16)(H,17,18). The lowest BCUT2D eigenvalue weighted by Gasteiger charge is -2.24. The fraction of sp³-hybridized carbons (Fsp3) is 0.286. The van der Waals surface area contributed by atoms with Crippen LogP contribution in [0.4, 0.5) is 0 Å². The van der Waals surface area contributed by atoms with Gasteiger partial charge in [0.1, 0.15) is 18.2 Å². The molecule has 1 atom stereocenters. The fourth-order valence-electron chi connectivity index (χ4n) is 2.21. The molecule has 0 bridgehead atoms. The molecule has 2 N–H and O–H groups in total. The summed E-state index contributed by atoms with van der Waals surface area (Å²) in [6.45, 7) is 0.852. The molecule has 98 valence electrons. The van der Waals surface area contributed by atoms with Crippen molar-refractivity contribution in [3.63, 3.8) is 0 Å². The molecule has 1 aliphatic heterocycles. The monoisotopic (exact) mass is 257 g/mol. The van der Waals surface area contributed by atoms with Crippen LogP contribution in [0.1, 0.15) is 11.4 Å². The molecule has 5 heteroatoms. The largest absolute Gasteiger partial charge is 0.492 e. The Labute approximate surface area is 111 Å². The first-order chi connectivity index (χ1) is 9.33. The van der Waals surface area contributed by atoms with Crippen LogP contribution in [0.5, 0.6) is 5.75 Å². The number of carbonyl (C=O) groups excluding carboxylic acids is 1. The van der Waals surface area contributed by atoms with Gasteiger partial charge in [0.15, 0.2) is 0 Å². The number of benzene rings is 1. The van der Waals surface area contributed by atoms with Gasteiger partial charge in [0.2, 0.25) is 5.91 Å². The Hall–Kier alpha value is -2.30. The zero-order valence-electron chi connectivity index (χ0n) is 10.4. The third-order valence-corrected chi connectivity index (χ3v) is 3.23. The van der Waals surface area contributed by atoms with Crippen molar-refractivity contribution in [1.29, 1.82) is 0 Å². The van der Waals surface area contributed by atoms with Gasteiger partial charge in [-0.05, 0) is 18.1 Å². The molecular formula is C14H15N3O2. The Morgan fingerprint density at radius 2 is 2.37 bits per heavy atom. The number of H-pyrrole nitrogens is 1. The van der Waals surface area contributed by atoms with E-state index >= 15 is 0 Å². The van der Waals surface area contributed by atoms with Crippen LogP contribution in [0.2, 0.25) is 0 Å². The summed E-state index contributed by atoms with van der Waals surface area (Å²) in [4.78, 5) is 19.1. The maximum Gasteiger partial charge on any atom is 0.227 e. The van der Waals surface area contributed by atoms with E-state index in [1.165, 1.54) is 0 Å². The van der Waals surface area contributed by atoms with E-state index < -0.39 is 0 Å². The van der Waals surface area contributed by atoms with Crippen molar-refractivity contribution in [3.05, 3.63) is 48.0 Å². The number of para-hydroxylation sites is 1. The Morgan fingerprint density at radius 1 is 1.47 bits per heavy atom. The second kappa shape index (κ2) is 5.14. The van der Waals surface area contributed by atoms with E-state index in [0.29, 0.717) is 13.2 Å². The summed E-state index contributed by atoms with van der Waals surface area (Å²) in [5.74, 6) is 1.51. The number of nitrogens with one attached hydrogen (secondary N) is 2. The Balaban J connectivity index is 1.60. The fourth-order valence-corrected chi connectivity index (χ4v) is 2.21. The highest BCUT2D eigenvalue weighted by molar-refractivity contribution is 5.79. The highest BCUT2D eigenvalue weighted by Crippen LogP contribution is 2.26. The molecule has 0 fully saturated rings. The van der Waals surface area contributed by atoms with Gasteiger partial charge in [-0.1, -0.05) is 18.2 Å². The number of hydrogen-bond acceptors (Lipinski definition) is 3. The predicted octanol–water partition coefficient (Wildman–Crippen LogP) is 1.28. The summed E-state index contributed by atoms with van der Waals surface area (Å²) in [6.07, 6.45) is 4.13. The summed E-state index contributed by atoms with van der Waals surface area (Å²) in [6, 6.07) is 7.84. The van der Waals surface area contributed by atoms with Gasteiger partial charge in [-0.2, -0.15) is 0 Å². The molecule has 0 aliphatic carbocycles. The van der Waals surface area contributed by atoms with Gasteiger partial charge in [-0.15, -0.1) is 0 Å². The molecular weight excluding hydrogens is 242 g/mol. The lowest BCUT2D eigenvalue weighted by molar-refractivity contribution is -0.126. The number of rotatable bonds is 3. The number of fused-ring (bicyclic) bond motifs is 1. The van der Waals surface area contributed by atoms with E-state index in [1.54, 1.807) is 12.4 Å². The molecule has 0 radical (unpaired) electrons. The summed E-state index contributed by atoms with van der Waals surface area (Å²) in [7, 11) is 0. The van der Waals surface area contributed by atoms with Crippen LogP contribution in [0.3, 0.4) is 0 Å². The lowest BCUT2D eigenvalue weighted by Crippen LogP contribution is -2.37. The van der Waals surface area contributed by atoms with Gasteiger partial charge in [-0.3, -0.25) is 4.79 Å². The Morgan fingerprint density at radius 3 is 3.21 bits per heavy atom. The van der Waals surface area contributed by atoms with Crippen molar-refractivity contribution >= 4 is 5.91 Å². The second-order valence-electron chi connectivity index (χ2n) is 4.57. The molecule has 2 heterocycles. The zero-order valence-corrected chi connectivity index (χ0v) is 10.4. The summed E-state index contributed by atoms with van der Waals surface area (Å²) < 4.78 is 5.61. The van der Waals surface area contributed by atoms with E-state index in [-0.39, 0.29) is 11.8 Å². The maximum absolute atomic E-state index is 12.1. The highest BCUT2D eigenvalue weighted by atomic mass is 16.5. The molecule has 1 unspecified atom stereocenters. The molecule has 5 nitrogen and oxygen atoms in total. The molecule has 1 aromatic carbocycles. The molecule has 3 rings (SSSR count). The summed E-state index contributed by atoms with van der Waals surface area (Å²) >= 11 is 0. The predicted molar refractivity (Wildman–Crippen MR) is 69.6 cm³/mol. The summed E-state index contributed by atoms with van der Waals surface area (Å²) in [5.41, 5.74) is 1.09. The number of amides is 1. The number of carbonyl (C=O) groups is 1. The molecule has 1 aromatic heterocycles. The molecule has 0 spiro atoms. The third kappa shape index (κ3) is 2.59. The molecule has 1 aliphatic rings. The van der Waals surface area contributed by atoms with Crippen molar-refractivity contribution in [3.8, 4) is 5.75 Å². The molecule has 2 aromatic rings. The quantitative estimate of drug-likeness (QED) is 0.870. The van der Waals surface area contributed by atoms with Crippen LogP contribution < -0.4 is 10.1 Å². The minimum atomic E-state index is -0.134. The lowest BCUT2D eigenvalue weighted by atomic mass is 9.96. The average molecular weight is 257 g/mol. The van der Waals surface area contributed by atoms with Crippen molar-refractivity contribution in [2.45, 2.75) is 13.0 Å². The highest BCUT2D eigenvalue weighted by Gasteiger charge is 2.25. The molecule has 0 saturated carbocycles. The smallest absolute Gasteiger partial charge is 0.227 e. The average Bonchev–Trinajstić information content (AvgIpc) is 2.97. The van der Waals surface area contributed by atoms with Crippen molar-refractivity contribution in [2.24, 2.45) is 5.92 Å². The minimum absolute atomic E-state index is 0.00547. The minimum Gasteiger partial charge on any atom is -0.492 e. The van der Waals surface area contributed by atoms with Crippen molar-refractivity contribution < 1.29 is 9.53 Å². The van der Waals surface area contributed by atoms with Crippen molar-refractivity contribution in [2.75, 3.05) is 6.61 Å². The van der Waals surface area contributed by atoms with Crippen molar-refractivity contribution in [1.82, 2.24) is 15.3 Å². The van der Waals surface area contributed by atoms with E-state index in [0.717, 1.165) is 23.6 Å². The van der Waals surface area contributed by atoms with Crippen LogP contribution in [-0.4, -0.2) is 22.5 Å². The summed E-state index contributed by atoms with van der Waals surface area (Å²) in [5, 5.41) is 2.87. The van der Waals surface area contributed by atoms with Gasteiger partial charge in [0.25, 0.3) is 0 Å². The van der Waals surface area contributed by atoms with Crippen LogP contribution in [0.25, 0.3) is 0 Å². The van der Waals surface area contributed by atoms with Gasteiger partial charge < -0.3 is 15.0 Å². The SMILES string of the molecule is O=C(NCc1ncc[nH]1)C1COc2ccccc2C1. The third-order valence-electron chi connectivity index (χ3n) is 3.23. The van der Waals surface area contributed by atoms with Crippen LogP contribution in [0.15, 0.2) is 36.7 Å². The van der Waals surface area contributed by atoms with E-state index in [4.69, 9.17) is 4.74 Å².